The van der Waals surface area contributed by atoms with Gasteiger partial charge in [-0.05, 0) is 55.3 Å². The number of esters is 2. The Labute approximate surface area is 171 Å². The SMILES string of the molecule is CCOC(=O)/C=C1\CCC(C)C1(C)C.CCOC(=O)CC1C=C[C@H](C)C1(C)C. The lowest BCUT2D eigenvalue weighted by atomic mass is 9.74. The van der Waals surface area contributed by atoms with Gasteiger partial charge in [0.2, 0.25) is 0 Å². The number of hydrogen-bond donors (Lipinski definition) is 0. The lowest BCUT2D eigenvalue weighted by Gasteiger charge is -2.30. The van der Waals surface area contributed by atoms with Gasteiger partial charge >= 0.3 is 11.9 Å². The van der Waals surface area contributed by atoms with Gasteiger partial charge in [-0.25, -0.2) is 4.79 Å². The molecule has 0 radical (unpaired) electrons. The maximum absolute atomic E-state index is 11.3. The third-order valence-electron chi connectivity index (χ3n) is 6.94. The molecule has 2 unspecified atom stereocenters. The molecule has 0 amide bonds. The quantitative estimate of drug-likeness (QED) is 0.341. The molecule has 2 aliphatic carbocycles. The minimum atomic E-state index is -0.190. The Morgan fingerprint density at radius 3 is 2.11 bits per heavy atom. The summed E-state index contributed by atoms with van der Waals surface area (Å²) in [6.45, 7) is 17.9. The number of hydrogen-bond acceptors (Lipinski definition) is 4. The zero-order valence-electron chi connectivity index (χ0n) is 19.1. The third-order valence-corrected chi connectivity index (χ3v) is 6.94. The van der Waals surface area contributed by atoms with Gasteiger partial charge in [0.25, 0.3) is 0 Å². The van der Waals surface area contributed by atoms with Crippen molar-refractivity contribution in [2.75, 3.05) is 13.2 Å². The van der Waals surface area contributed by atoms with E-state index in [0.717, 1.165) is 6.42 Å². The summed E-state index contributed by atoms with van der Waals surface area (Å²) < 4.78 is 9.88. The minimum Gasteiger partial charge on any atom is -0.466 e. The van der Waals surface area contributed by atoms with Gasteiger partial charge in [-0.3, -0.25) is 4.79 Å². The van der Waals surface area contributed by atoms with Crippen LogP contribution in [0.5, 0.6) is 0 Å². The summed E-state index contributed by atoms with van der Waals surface area (Å²) in [5.74, 6) is 1.26. The molecular formula is C24H40O4. The first-order valence-corrected chi connectivity index (χ1v) is 10.7. The highest BCUT2D eigenvalue weighted by atomic mass is 16.5. The Morgan fingerprint density at radius 1 is 1.07 bits per heavy atom. The molecule has 0 aromatic rings. The maximum Gasteiger partial charge on any atom is 0.330 e. The predicted octanol–water partition coefficient (Wildman–Crippen LogP) is 5.72. The normalized spacial score (nSPS) is 28.6. The van der Waals surface area contributed by atoms with Crippen molar-refractivity contribution in [3.8, 4) is 0 Å². The van der Waals surface area contributed by atoms with Gasteiger partial charge in [-0.2, -0.15) is 0 Å². The molecular weight excluding hydrogens is 352 g/mol. The Hall–Kier alpha value is -1.58. The molecule has 0 aromatic heterocycles. The van der Waals surface area contributed by atoms with E-state index < -0.39 is 0 Å². The van der Waals surface area contributed by atoms with E-state index in [4.69, 9.17) is 9.47 Å². The van der Waals surface area contributed by atoms with Crippen molar-refractivity contribution < 1.29 is 19.1 Å². The Kier molecular flexibility index (Phi) is 8.97. The molecule has 28 heavy (non-hydrogen) atoms. The summed E-state index contributed by atoms with van der Waals surface area (Å²) in [6, 6.07) is 0. The van der Waals surface area contributed by atoms with Gasteiger partial charge < -0.3 is 9.47 Å². The summed E-state index contributed by atoms with van der Waals surface area (Å²) >= 11 is 0. The summed E-state index contributed by atoms with van der Waals surface area (Å²) in [5.41, 5.74) is 1.59. The predicted molar refractivity (Wildman–Crippen MR) is 114 cm³/mol. The largest absolute Gasteiger partial charge is 0.466 e. The number of allylic oxidation sites excluding steroid dienone is 3. The van der Waals surface area contributed by atoms with Crippen LogP contribution >= 0.6 is 0 Å². The van der Waals surface area contributed by atoms with Crippen molar-refractivity contribution in [3.05, 3.63) is 23.8 Å². The van der Waals surface area contributed by atoms with Gasteiger partial charge in [-0.1, -0.05) is 59.3 Å². The fraction of sp³-hybridized carbons (Fsp3) is 0.750. The van der Waals surface area contributed by atoms with Gasteiger partial charge in [-0.15, -0.1) is 0 Å². The molecule has 3 atom stereocenters. The molecule has 4 nitrogen and oxygen atoms in total. The van der Waals surface area contributed by atoms with Crippen LogP contribution < -0.4 is 0 Å². The van der Waals surface area contributed by atoms with Crippen molar-refractivity contribution in [2.24, 2.45) is 28.6 Å². The summed E-state index contributed by atoms with van der Waals surface area (Å²) in [7, 11) is 0. The molecule has 0 heterocycles. The van der Waals surface area contributed by atoms with Gasteiger partial charge in [0.15, 0.2) is 0 Å². The molecule has 0 N–H and O–H groups in total. The van der Waals surface area contributed by atoms with E-state index in [0.29, 0.717) is 37.4 Å². The van der Waals surface area contributed by atoms with E-state index in [1.165, 1.54) is 12.0 Å². The highest BCUT2D eigenvalue weighted by Crippen LogP contribution is 2.46. The van der Waals surface area contributed by atoms with Crippen LogP contribution in [0, 0.1) is 28.6 Å². The van der Waals surface area contributed by atoms with Crippen molar-refractivity contribution in [1.82, 2.24) is 0 Å². The van der Waals surface area contributed by atoms with Crippen LogP contribution in [-0.2, 0) is 19.1 Å². The lowest BCUT2D eigenvalue weighted by molar-refractivity contribution is -0.144. The molecule has 2 rings (SSSR count). The first kappa shape index (κ1) is 24.5. The molecule has 2 aliphatic rings. The fourth-order valence-electron chi connectivity index (χ4n) is 3.82. The maximum atomic E-state index is 11.3. The molecule has 0 saturated heterocycles. The topological polar surface area (TPSA) is 52.6 Å². The minimum absolute atomic E-state index is 0.0793. The zero-order chi connectivity index (χ0) is 21.5. The van der Waals surface area contributed by atoms with Gasteiger partial charge in [0.1, 0.15) is 0 Å². The van der Waals surface area contributed by atoms with Crippen LogP contribution in [0.1, 0.15) is 74.7 Å². The van der Waals surface area contributed by atoms with Crippen LogP contribution in [-0.4, -0.2) is 25.2 Å². The molecule has 0 spiro atoms. The number of carbonyl (C=O) groups excluding carboxylic acids is 2. The summed E-state index contributed by atoms with van der Waals surface area (Å²) in [4.78, 5) is 22.6. The summed E-state index contributed by atoms with van der Waals surface area (Å²) in [5, 5.41) is 0. The second kappa shape index (κ2) is 10.3. The van der Waals surface area contributed by atoms with Gasteiger partial charge in [0.05, 0.1) is 19.6 Å². The number of rotatable bonds is 5. The van der Waals surface area contributed by atoms with Crippen LogP contribution in [0.25, 0.3) is 0 Å². The zero-order valence-corrected chi connectivity index (χ0v) is 19.1. The van der Waals surface area contributed by atoms with Crippen molar-refractivity contribution in [2.45, 2.75) is 74.7 Å². The Balaban J connectivity index is 0.000000280. The second-order valence-electron chi connectivity index (χ2n) is 9.19. The van der Waals surface area contributed by atoms with Crippen LogP contribution in [0.3, 0.4) is 0 Å². The average molecular weight is 393 g/mol. The smallest absolute Gasteiger partial charge is 0.330 e. The molecule has 1 saturated carbocycles. The summed E-state index contributed by atoms with van der Waals surface area (Å²) in [6.07, 6.45) is 8.77. The van der Waals surface area contributed by atoms with Gasteiger partial charge in [0, 0.05) is 6.08 Å². The molecule has 160 valence electrons. The first-order valence-electron chi connectivity index (χ1n) is 10.7. The molecule has 1 fully saturated rings. The average Bonchev–Trinajstić information content (AvgIpc) is 2.99. The highest BCUT2D eigenvalue weighted by molar-refractivity contribution is 5.83. The van der Waals surface area contributed by atoms with E-state index in [2.05, 4.69) is 53.7 Å². The van der Waals surface area contributed by atoms with Crippen molar-refractivity contribution >= 4 is 11.9 Å². The molecule has 4 heteroatoms. The second-order valence-corrected chi connectivity index (χ2v) is 9.19. The number of ether oxygens (including phenoxy) is 2. The number of carbonyl (C=O) groups is 2. The Morgan fingerprint density at radius 2 is 1.68 bits per heavy atom. The first-order chi connectivity index (χ1) is 13.0. The highest BCUT2D eigenvalue weighted by Gasteiger charge is 2.38. The fourth-order valence-corrected chi connectivity index (χ4v) is 3.82. The van der Waals surface area contributed by atoms with E-state index in [-0.39, 0.29) is 22.8 Å². The van der Waals surface area contributed by atoms with Crippen molar-refractivity contribution in [3.63, 3.8) is 0 Å². The van der Waals surface area contributed by atoms with Crippen LogP contribution in [0.2, 0.25) is 0 Å². The van der Waals surface area contributed by atoms with E-state index in [1.807, 2.05) is 13.8 Å². The van der Waals surface area contributed by atoms with Crippen LogP contribution in [0.15, 0.2) is 23.8 Å². The van der Waals surface area contributed by atoms with Crippen LogP contribution in [0.4, 0.5) is 0 Å². The third kappa shape index (κ3) is 6.22. The molecule has 0 aromatic carbocycles. The lowest BCUT2D eigenvalue weighted by Crippen LogP contribution is -2.26. The van der Waals surface area contributed by atoms with E-state index in [1.54, 1.807) is 6.08 Å². The Bertz CT molecular complexity index is 598. The molecule has 0 bridgehead atoms. The van der Waals surface area contributed by atoms with E-state index >= 15 is 0 Å². The van der Waals surface area contributed by atoms with Crippen molar-refractivity contribution in [1.29, 1.82) is 0 Å². The molecule has 0 aliphatic heterocycles. The van der Waals surface area contributed by atoms with E-state index in [9.17, 15) is 9.59 Å². The monoisotopic (exact) mass is 392 g/mol. The standard InChI is InChI=1S/2C12H20O2/c2*1-5-14-11(13)8-10-7-6-9(2)12(10,3)4/h8-9H,5-7H2,1-4H3;6-7,9-10H,5,8H2,1-4H3/b10-8+;/t;9-,10?/m.0/s1.